The van der Waals surface area contributed by atoms with Crippen LogP contribution in [0.5, 0.6) is 0 Å². The highest BCUT2D eigenvalue weighted by atomic mass is 35.5. The smallest absolute Gasteiger partial charge is 0.255 e. The molecule has 1 atom stereocenters. The summed E-state index contributed by atoms with van der Waals surface area (Å²) in [7, 11) is 1.76. The molecule has 10 heteroatoms. The molecule has 9 nitrogen and oxygen atoms in total. The quantitative estimate of drug-likeness (QED) is 0.409. The maximum absolute atomic E-state index is 12.9. The Hall–Kier alpha value is -3.48. The van der Waals surface area contributed by atoms with Gasteiger partial charge in [0.15, 0.2) is 5.65 Å². The number of nitrogens with one attached hydrogen (secondary N) is 4. The van der Waals surface area contributed by atoms with Crippen molar-refractivity contribution < 1.29 is 4.79 Å². The van der Waals surface area contributed by atoms with Crippen LogP contribution in [0, 0.1) is 22.7 Å². The zero-order chi connectivity index (χ0) is 22.8. The van der Waals surface area contributed by atoms with Crippen LogP contribution in [0.25, 0.3) is 11.2 Å². The van der Waals surface area contributed by atoms with E-state index in [1.165, 1.54) is 6.20 Å². The summed E-state index contributed by atoms with van der Waals surface area (Å²) in [5.41, 5.74) is 3.11. The van der Waals surface area contributed by atoms with Crippen LogP contribution in [0.3, 0.4) is 0 Å². The number of anilines is 1. The van der Waals surface area contributed by atoms with E-state index in [0.717, 1.165) is 13.1 Å². The first kappa shape index (κ1) is 21.7. The number of benzene rings is 1. The maximum Gasteiger partial charge on any atom is 0.255 e. The van der Waals surface area contributed by atoms with Gasteiger partial charge in [-0.05, 0) is 25.1 Å². The molecule has 0 spiro atoms. The fourth-order valence-electron chi connectivity index (χ4n) is 3.80. The summed E-state index contributed by atoms with van der Waals surface area (Å²) in [5.74, 6) is -0.180. The lowest BCUT2D eigenvalue weighted by atomic mass is 10.0. The highest BCUT2D eigenvalue weighted by Crippen LogP contribution is 2.24. The van der Waals surface area contributed by atoms with Gasteiger partial charge in [0, 0.05) is 55.2 Å². The van der Waals surface area contributed by atoms with E-state index in [1.54, 1.807) is 31.4 Å². The van der Waals surface area contributed by atoms with Crippen LogP contribution in [0.1, 0.15) is 28.5 Å². The summed E-state index contributed by atoms with van der Waals surface area (Å²) >= 11 is 6.06. The fraction of sp³-hybridized carbons (Fsp3) is 0.318. The zero-order valence-corrected chi connectivity index (χ0v) is 18.5. The van der Waals surface area contributed by atoms with Crippen molar-refractivity contribution in [3.8, 4) is 6.07 Å². The number of halogens is 1. The fourth-order valence-corrected chi connectivity index (χ4v) is 3.97. The second-order valence-corrected chi connectivity index (χ2v) is 8.33. The Morgan fingerprint density at radius 2 is 2.22 bits per heavy atom. The van der Waals surface area contributed by atoms with Gasteiger partial charge in [-0.25, -0.2) is 9.97 Å². The van der Waals surface area contributed by atoms with E-state index < -0.39 is 0 Å². The Bertz CT molecular complexity index is 1220. The average Bonchev–Trinajstić information content (AvgIpc) is 3.18. The Labute approximate surface area is 190 Å². The lowest BCUT2D eigenvalue weighted by molar-refractivity contribution is 0.0890. The van der Waals surface area contributed by atoms with E-state index >= 15 is 0 Å². The third kappa shape index (κ3) is 4.28. The van der Waals surface area contributed by atoms with Gasteiger partial charge >= 0.3 is 0 Å². The molecule has 1 aliphatic heterocycles. The van der Waals surface area contributed by atoms with Crippen LogP contribution in [0.4, 0.5) is 5.69 Å². The number of hydrogen-bond acceptors (Lipinski definition) is 7. The number of amides is 1. The van der Waals surface area contributed by atoms with E-state index in [1.807, 2.05) is 6.92 Å². The zero-order valence-electron chi connectivity index (χ0n) is 17.7. The molecule has 3 heterocycles. The highest BCUT2D eigenvalue weighted by Gasteiger charge is 2.28. The number of nitrogens with zero attached hydrogens (tertiary/aromatic N) is 4. The molecule has 1 fully saturated rings. The van der Waals surface area contributed by atoms with E-state index in [4.69, 9.17) is 22.3 Å². The minimum atomic E-state index is -0.263. The number of fused-ring (bicyclic) bond motifs is 1. The minimum absolute atomic E-state index is 0.0830. The van der Waals surface area contributed by atoms with Crippen molar-refractivity contribution in [1.82, 2.24) is 25.2 Å². The molecule has 0 bridgehead atoms. The summed E-state index contributed by atoms with van der Waals surface area (Å²) in [6.07, 6.45) is 3.09. The summed E-state index contributed by atoms with van der Waals surface area (Å²) in [6, 6.07) is 7.37. The highest BCUT2D eigenvalue weighted by molar-refractivity contribution is 6.31. The van der Waals surface area contributed by atoms with Crippen molar-refractivity contribution in [2.45, 2.75) is 13.0 Å². The molecule has 2 aromatic heterocycles. The van der Waals surface area contributed by atoms with Crippen molar-refractivity contribution in [3.63, 3.8) is 0 Å². The second kappa shape index (κ2) is 8.94. The number of carbonyl (C=O) groups excluding carboxylic acids is 1. The molecule has 164 valence electrons. The van der Waals surface area contributed by atoms with Crippen molar-refractivity contribution >= 4 is 40.1 Å². The first-order chi connectivity index (χ1) is 15.4. The van der Waals surface area contributed by atoms with E-state index in [2.05, 4.69) is 36.6 Å². The molecule has 1 saturated heterocycles. The molecule has 4 rings (SSSR count). The van der Waals surface area contributed by atoms with Gasteiger partial charge in [0.05, 0.1) is 29.5 Å². The predicted molar refractivity (Wildman–Crippen MR) is 123 cm³/mol. The number of rotatable bonds is 7. The van der Waals surface area contributed by atoms with E-state index in [9.17, 15) is 4.79 Å². The predicted octanol–water partition coefficient (Wildman–Crippen LogP) is 2.64. The lowest BCUT2D eigenvalue weighted by Gasteiger charge is -2.37. The van der Waals surface area contributed by atoms with Crippen LogP contribution in [0.2, 0.25) is 5.02 Å². The molecular formula is C22H23ClN8O. The van der Waals surface area contributed by atoms with Crippen LogP contribution in [0.15, 0.2) is 30.6 Å². The third-order valence-electron chi connectivity index (χ3n) is 5.45. The molecule has 0 saturated carbocycles. The molecule has 1 aliphatic rings. The molecule has 1 aromatic carbocycles. The summed E-state index contributed by atoms with van der Waals surface area (Å²) in [5, 5.41) is 24.1. The van der Waals surface area contributed by atoms with Crippen LogP contribution < -0.4 is 10.6 Å². The van der Waals surface area contributed by atoms with E-state index in [-0.39, 0.29) is 23.6 Å². The molecular weight excluding hydrogens is 428 g/mol. The maximum atomic E-state index is 12.9. The summed E-state index contributed by atoms with van der Waals surface area (Å²) < 4.78 is 0. The van der Waals surface area contributed by atoms with Gasteiger partial charge in [-0.3, -0.25) is 15.1 Å². The number of aromatic nitrogens is 3. The molecule has 4 N–H and O–H groups in total. The molecule has 3 aromatic rings. The molecule has 0 radical (unpaired) electrons. The van der Waals surface area contributed by atoms with Crippen molar-refractivity contribution in [2.24, 2.45) is 5.92 Å². The number of likely N-dealkylation sites (tertiary alicyclic amines) is 1. The van der Waals surface area contributed by atoms with Crippen molar-refractivity contribution in [2.75, 3.05) is 32.0 Å². The first-order valence-electron chi connectivity index (χ1n) is 10.2. The van der Waals surface area contributed by atoms with Crippen LogP contribution in [-0.4, -0.2) is 64.2 Å². The standard InChI is InChI=1S/C22H23ClN8O/c1-12(9-31-10-13(6-24)11-31)29-22(32)16-7-27-21-20(16)30-18(8-28-21)19(25)15-4-3-14(23)5-17(15)26-2/h3-5,7-8,12-13,25-26H,9-11H2,1-2H3,(H,27,28)(H,29,32)/t12-/m1/s1. The molecule has 1 amide bonds. The van der Waals surface area contributed by atoms with Gasteiger partial charge in [-0.2, -0.15) is 5.26 Å². The Kier molecular flexibility index (Phi) is 6.08. The number of H-pyrrole nitrogens is 1. The monoisotopic (exact) mass is 450 g/mol. The Morgan fingerprint density at radius 3 is 2.94 bits per heavy atom. The van der Waals surface area contributed by atoms with Gasteiger partial charge in [0.1, 0.15) is 11.2 Å². The van der Waals surface area contributed by atoms with Gasteiger partial charge < -0.3 is 15.6 Å². The number of hydrogen-bond donors (Lipinski definition) is 4. The second-order valence-electron chi connectivity index (χ2n) is 7.89. The molecule has 0 unspecified atom stereocenters. The van der Waals surface area contributed by atoms with E-state index in [0.29, 0.717) is 45.2 Å². The Morgan fingerprint density at radius 1 is 1.44 bits per heavy atom. The third-order valence-corrected chi connectivity index (χ3v) is 5.69. The summed E-state index contributed by atoms with van der Waals surface area (Å²) in [4.78, 5) is 26.9. The summed E-state index contributed by atoms with van der Waals surface area (Å²) in [6.45, 7) is 4.08. The van der Waals surface area contributed by atoms with Gasteiger partial charge in [0.25, 0.3) is 5.91 Å². The molecule has 0 aliphatic carbocycles. The number of carbonyl (C=O) groups is 1. The van der Waals surface area contributed by atoms with Gasteiger partial charge in [0.2, 0.25) is 0 Å². The lowest BCUT2D eigenvalue weighted by Crippen LogP contribution is -2.51. The van der Waals surface area contributed by atoms with Gasteiger partial charge in [-0.1, -0.05) is 11.6 Å². The normalized spacial score (nSPS) is 15.1. The van der Waals surface area contributed by atoms with Crippen LogP contribution >= 0.6 is 11.6 Å². The first-order valence-corrected chi connectivity index (χ1v) is 10.6. The number of aromatic amines is 1. The topological polar surface area (TPSA) is 134 Å². The Balaban J connectivity index is 1.53. The van der Waals surface area contributed by atoms with Gasteiger partial charge in [-0.15, -0.1) is 0 Å². The minimum Gasteiger partial charge on any atom is -0.388 e. The largest absolute Gasteiger partial charge is 0.388 e. The average molecular weight is 451 g/mol. The molecule has 32 heavy (non-hydrogen) atoms. The van der Waals surface area contributed by atoms with Crippen molar-refractivity contribution in [1.29, 1.82) is 10.7 Å². The number of nitriles is 1. The van der Waals surface area contributed by atoms with Crippen molar-refractivity contribution in [3.05, 3.63) is 52.4 Å². The SMILES string of the molecule is CNc1cc(Cl)ccc1C(=N)c1cnc2[nH]cc(C(=O)N[C@H](C)CN3CC(C#N)C3)c2n1. The van der Waals surface area contributed by atoms with Crippen LogP contribution in [-0.2, 0) is 0 Å².